The summed E-state index contributed by atoms with van der Waals surface area (Å²) in [6.07, 6.45) is 2.32. The number of nitrogens with zero attached hydrogens (tertiary/aromatic N) is 3. The molecule has 1 aliphatic heterocycles. The maximum Gasteiger partial charge on any atom is 0.146 e. The molecule has 3 heterocycles. The van der Waals surface area contributed by atoms with Gasteiger partial charge in [-0.05, 0) is 51.1 Å². The van der Waals surface area contributed by atoms with Crippen LogP contribution in [0.25, 0.3) is 22.2 Å². The number of aliphatic hydroxyl groups is 1. The Morgan fingerprint density at radius 2 is 2.04 bits per heavy atom. The zero-order valence-corrected chi connectivity index (χ0v) is 16.1. The van der Waals surface area contributed by atoms with Crippen LogP contribution < -0.4 is 0 Å². The van der Waals surface area contributed by atoms with Crippen LogP contribution in [0.5, 0.6) is 0 Å². The molecule has 0 radical (unpaired) electrons. The highest BCUT2D eigenvalue weighted by molar-refractivity contribution is 5.93. The Morgan fingerprint density at radius 1 is 1.30 bits per heavy atom. The number of benzene rings is 1. The highest BCUT2D eigenvalue weighted by Crippen LogP contribution is 2.40. The van der Waals surface area contributed by atoms with Crippen LogP contribution in [0.2, 0.25) is 0 Å². The van der Waals surface area contributed by atoms with Crippen LogP contribution >= 0.6 is 0 Å². The third kappa shape index (κ3) is 3.07. The van der Waals surface area contributed by atoms with Crippen molar-refractivity contribution in [3.63, 3.8) is 0 Å². The fourth-order valence-electron chi connectivity index (χ4n) is 4.35. The highest BCUT2D eigenvalue weighted by Gasteiger charge is 2.29. The van der Waals surface area contributed by atoms with Crippen LogP contribution in [0.3, 0.4) is 0 Å². The van der Waals surface area contributed by atoms with Gasteiger partial charge in [0.15, 0.2) is 0 Å². The molecule has 6 heteroatoms. The molecule has 1 aromatic carbocycles. The summed E-state index contributed by atoms with van der Waals surface area (Å²) in [5.41, 5.74) is 4.22. The molecule has 1 aliphatic rings. The van der Waals surface area contributed by atoms with Crippen molar-refractivity contribution in [3.8, 4) is 11.3 Å². The third-order valence-electron chi connectivity index (χ3n) is 5.66. The lowest BCUT2D eigenvalue weighted by atomic mass is 9.98. The van der Waals surface area contributed by atoms with Gasteiger partial charge in [-0.15, -0.1) is 0 Å². The molecule has 0 amide bonds. The van der Waals surface area contributed by atoms with Crippen LogP contribution in [0, 0.1) is 12.7 Å². The molecule has 0 aliphatic carbocycles. The molecule has 0 saturated carbocycles. The van der Waals surface area contributed by atoms with E-state index in [1.807, 2.05) is 25.5 Å². The Kier molecular flexibility index (Phi) is 4.78. The predicted molar refractivity (Wildman–Crippen MR) is 103 cm³/mol. The summed E-state index contributed by atoms with van der Waals surface area (Å²) >= 11 is 0. The number of hydrogen-bond acceptors (Lipinski definition) is 4. The van der Waals surface area contributed by atoms with E-state index in [1.165, 1.54) is 12.1 Å². The number of rotatable bonds is 5. The van der Waals surface area contributed by atoms with Gasteiger partial charge in [-0.1, -0.05) is 12.1 Å². The molecule has 0 bridgehead atoms. The van der Waals surface area contributed by atoms with Gasteiger partial charge in [0.25, 0.3) is 0 Å². The van der Waals surface area contributed by atoms with Crippen molar-refractivity contribution < 1.29 is 14.0 Å². The second-order valence-corrected chi connectivity index (χ2v) is 7.43. The SMILES string of the molecule is CCc1onc(C)c1-c1c(C(O)CN2CCCC2)c2cc(F)ccc2n1C. The van der Waals surface area contributed by atoms with Crippen molar-refractivity contribution in [3.05, 3.63) is 41.0 Å². The molecule has 2 aromatic heterocycles. The van der Waals surface area contributed by atoms with Crippen LogP contribution in [0.15, 0.2) is 22.7 Å². The smallest absolute Gasteiger partial charge is 0.146 e. The summed E-state index contributed by atoms with van der Waals surface area (Å²) in [7, 11) is 1.95. The lowest BCUT2D eigenvalue weighted by Gasteiger charge is -2.21. The Morgan fingerprint density at radius 3 is 2.74 bits per heavy atom. The minimum atomic E-state index is -0.706. The maximum atomic E-state index is 14.1. The lowest BCUT2D eigenvalue weighted by Crippen LogP contribution is -2.25. The van der Waals surface area contributed by atoms with Gasteiger partial charge in [0.2, 0.25) is 0 Å². The van der Waals surface area contributed by atoms with E-state index < -0.39 is 6.10 Å². The first-order chi connectivity index (χ1) is 13.0. The van der Waals surface area contributed by atoms with Crippen molar-refractivity contribution in [2.24, 2.45) is 7.05 Å². The lowest BCUT2D eigenvalue weighted by molar-refractivity contribution is 0.128. The second-order valence-electron chi connectivity index (χ2n) is 7.43. The van der Waals surface area contributed by atoms with Gasteiger partial charge in [-0.3, -0.25) is 0 Å². The van der Waals surface area contributed by atoms with Gasteiger partial charge in [0.05, 0.1) is 23.1 Å². The highest BCUT2D eigenvalue weighted by atomic mass is 19.1. The van der Waals surface area contributed by atoms with Gasteiger partial charge in [0, 0.05) is 36.5 Å². The van der Waals surface area contributed by atoms with Crippen LogP contribution in [0.4, 0.5) is 4.39 Å². The predicted octanol–water partition coefficient (Wildman–Crippen LogP) is 3.97. The average molecular weight is 371 g/mol. The third-order valence-corrected chi connectivity index (χ3v) is 5.66. The van der Waals surface area contributed by atoms with E-state index in [2.05, 4.69) is 10.1 Å². The number of halogens is 1. The van der Waals surface area contributed by atoms with Crippen LogP contribution in [-0.4, -0.2) is 39.4 Å². The van der Waals surface area contributed by atoms with Crippen molar-refractivity contribution >= 4 is 10.9 Å². The van der Waals surface area contributed by atoms with Crippen molar-refractivity contribution in [2.45, 2.75) is 39.2 Å². The molecule has 1 atom stereocenters. The van der Waals surface area contributed by atoms with E-state index in [0.717, 1.165) is 65.1 Å². The molecule has 3 aromatic rings. The number of β-amino-alcohol motifs (C(OH)–C–C–N with tert-alkyl or cyclic N) is 1. The number of fused-ring (bicyclic) bond motifs is 1. The molecule has 0 spiro atoms. The quantitative estimate of drug-likeness (QED) is 0.737. The first-order valence-corrected chi connectivity index (χ1v) is 9.65. The monoisotopic (exact) mass is 371 g/mol. The maximum absolute atomic E-state index is 14.1. The number of likely N-dealkylation sites (tertiary alicyclic amines) is 1. The van der Waals surface area contributed by atoms with Gasteiger partial charge >= 0.3 is 0 Å². The molecular formula is C21H26FN3O2. The van der Waals surface area contributed by atoms with Gasteiger partial charge in [-0.2, -0.15) is 0 Å². The summed E-state index contributed by atoms with van der Waals surface area (Å²) in [5.74, 6) is 0.487. The second kappa shape index (κ2) is 7.09. The number of aliphatic hydroxyl groups excluding tert-OH is 1. The van der Waals surface area contributed by atoms with Crippen LogP contribution in [-0.2, 0) is 13.5 Å². The largest absolute Gasteiger partial charge is 0.387 e. The van der Waals surface area contributed by atoms with Gasteiger partial charge in [-0.25, -0.2) is 4.39 Å². The summed E-state index contributed by atoms with van der Waals surface area (Å²) in [6, 6.07) is 4.76. The van der Waals surface area contributed by atoms with Gasteiger partial charge in [0.1, 0.15) is 11.6 Å². The molecule has 5 nitrogen and oxygen atoms in total. The summed E-state index contributed by atoms with van der Waals surface area (Å²) < 4.78 is 21.6. The topological polar surface area (TPSA) is 54.4 Å². The van der Waals surface area contributed by atoms with Crippen molar-refractivity contribution in [1.82, 2.24) is 14.6 Å². The molecule has 1 saturated heterocycles. The van der Waals surface area contributed by atoms with E-state index in [9.17, 15) is 9.50 Å². The fourth-order valence-corrected chi connectivity index (χ4v) is 4.35. The molecule has 1 N–H and O–H groups in total. The number of aromatic nitrogens is 2. The van der Waals surface area contributed by atoms with Crippen LogP contribution in [0.1, 0.15) is 42.9 Å². The molecule has 144 valence electrons. The normalized spacial score (nSPS) is 16.5. The number of hydrogen-bond donors (Lipinski definition) is 1. The first-order valence-electron chi connectivity index (χ1n) is 9.65. The Bertz CT molecular complexity index is 970. The summed E-state index contributed by atoms with van der Waals surface area (Å²) in [5, 5.41) is 16.1. The van der Waals surface area contributed by atoms with Crippen molar-refractivity contribution in [1.29, 1.82) is 0 Å². The van der Waals surface area contributed by atoms with E-state index in [0.29, 0.717) is 13.0 Å². The van der Waals surface area contributed by atoms with E-state index in [-0.39, 0.29) is 5.82 Å². The summed E-state index contributed by atoms with van der Waals surface area (Å²) in [4.78, 5) is 2.27. The minimum Gasteiger partial charge on any atom is -0.387 e. The Balaban J connectivity index is 1.93. The molecule has 1 fully saturated rings. The Hall–Kier alpha value is -2.18. The Labute approximate surface area is 158 Å². The standard InChI is InChI=1S/C21H26FN3O2/c1-4-18-19(13(2)23-27-18)21-20(17(26)12-25-9-5-6-10-25)15-11-14(22)7-8-16(15)24(21)3/h7-8,11,17,26H,4-6,9-10,12H2,1-3H3. The zero-order valence-electron chi connectivity index (χ0n) is 16.1. The zero-order chi connectivity index (χ0) is 19.1. The summed E-state index contributed by atoms with van der Waals surface area (Å²) in [6.45, 7) is 6.48. The van der Waals surface area contributed by atoms with E-state index >= 15 is 0 Å². The molecular weight excluding hydrogens is 345 g/mol. The van der Waals surface area contributed by atoms with E-state index in [1.54, 1.807) is 6.07 Å². The molecule has 27 heavy (non-hydrogen) atoms. The first kappa shape index (κ1) is 18.2. The average Bonchev–Trinajstić information content (AvgIpc) is 3.33. The van der Waals surface area contributed by atoms with Crippen molar-refractivity contribution in [2.75, 3.05) is 19.6 Å². The number of aryl methyl sites for hydroxylation is 3. The minimum absolute atomic E-state index is 0.299. The van der Waals surface area contributed by atoms with E-state index in [4.69, 9.17) is 4.52 Å². The fraction of sp³-hybridized carbons (Fsp3) is 0.476. The molecule has 4 rings (SSSR count). The molecule has 1 unspecified atom stereocenters. The van der Waals surface area contributed by atoms with Gasteiger partial charge < -0.3 is 19.1 Å².